The van der Waals surface area contributed by atoms with Crippen molar-refractivity contribution in [2.24, 2.45) is 5.92 Å². The molecule has 11 heavy (non-hydrogen) atoms. The zero-order chi connectivity index (χ0) is 9.07. The highest BCUT2D eigenvalue weighted by molar-refractivity contribution is 14.1. The topological polar surface area (TPSA) is 17.1 Å². The molecular formula is C9H17IO. The maximum atomic E-state index is 11.6. The smallest absolute Gasteiger partial charge is 0.151 e. The van der Waals surface area contributed by atoms with Crippen LogP contribution in [0.5, 0.6) is 0 Å². The second kappa shape index (κ2) is 4.43. The van der Waals surface area contributed by atoms with Gasteiger partial charge in [0.15, 0.2) is 5.78 Å². The van der Waals surface area contributed by atoms with Crippen molar-refractivity contribution in [3.8, 4) is 0 Å². The van der Waals surface area contributed by atoms with Crippen LogP contribution in [0, 0.1) is 5.92 Å². The van der Waals surface area contributed by atoms with Crippen LogP contribution in [0.1, 0.15) is 40.5 Å². The van der Waals surface area contributed by atoms with Gasteiger partial charge in [-0.2, -0.15) is 0 Å². The highest BCUT2D eigenvalue weighted by atomic mass is 127. The molecule has 0 amide bonds. The normalized spacial score (nSPS) is 19.0. The predicted octanol–water partition coefficient (Wildman–Crippen LogP) is 3.21. The summed E-state index contributed by atoms with van der Waals surface area (Å²) in [5.41, 5.74) is 0. The van der Waals surface area contributed by atoms with E-state index in [1.807, 2.05) is 13.8 Å². The van der Waals surface area contributed by atoms with E-state index in [1.165, 1.54) is 0 Å². The van der Waals surface area contributed by atoms with Crippen molar-refractivity contribution in [2.75, 3.05) is 0 Å². The van der Waals surface area contributed by atoms with Crippen molar-refractivity contribution < 1.29 is 4.79 Å². The maximum absolute atomic E-state index is 11.6. The number of carbonyl (C=O) groups is 1. The van der Waals surface area contributed by atoms with Gasteiger partial charge in [-0.05, 0) is 19.8 Å². The molecule has 0 radical (unpaired) electrons. The number of carbonyl (C=O) groups excluding carboxylic acids is 1. The molecule has 0 aromatic heterocycles. The summed E-state index contributed by atoms with van der Waals surface area (Å²) in [5, 5.41) is 0. The third-order valence-electron chi connectivity index (χ3n) is 2.24. The maximum Gasteiger partial charge on any atom is 0.151 e. The summed E-state index contributed by atoms with van der Waals surface area (Å²) in [6.45, 7) is 8.15. The number of Topliss-reactive ketones (excluding diaryl/α,β-unsaturated/α-hetero) is 1. The van der Waals surface area contributed by atoms with Gasteiger partial charge in [-0.25, -0.2) is 0 Å². The van der Waals surface area contributed by atoms with E-state index in [0.29, 0.717) is 5.78 Å². The average molecular weight is 268 g/mol. The fourth-order valence-electron chi connectivity index (χ4n) is 0.873. The van der Waals surface area contributed by atoms with Crippen molar-refractivity contribution in [1.82, 2.24) is 0 Å². The first-order valence-corrected chi connectivity index (χ1v) is 5.26. The summed E-state index contributed by atoms with van der Waals surface area (Å²) < 4.78 is -0.146. The monoisotopic (exact) mass is 268 g/mol. The Balaban J connectivity index is 4.23. The predicted molar refractivity (Wildman–Crippen MR) is 57.2 cm³/mol. The Labute approximate surface area is 83.1 Å². The first-order valence-electron chi connectivity index (χ1n) is 4.19. The third-order valence-corrected chi connectivity index (χ3v) is 3.53. The minimum atomic E-state index is -0.146. The Kier molecular flexibility index (Phi) is 4.59. The van der Waals surface area contributed by atoms with Crippen LogP contribution in [0.3, 0.4) is 0 Å². The molecule has 1 nitrogen and oxygen atoms in total. The first-order chi connectivity index (χ1) is 4.95. The molecule has 0 heterocycles. The summed E-state index contributed by atoms with van der Waals surface area (Å²) in [5.74, 6) is 0.611. The highest BCUT2D eigenvalue weighted by Gasteiger charge is 2.30. The summed E-state index contributed by atoms with van der Waals surface area (Å²) in [6, 6.07) is 0. The zero-order valence-corrected chi connectivity index (χ0v) is 9.94. The van der Waals surface area contributed by atoms with E-state index in [4.69, 9.17) is 0 Å². The fraction of sp³-hybridized carbons (Fsp3) is 0.889. The Morgan fingerprint density at radius 2 is 2.00 bits per heavy atom. The van der Waals surface area contributed by atoms with Crippen molar-refractivity contribution in [3.05, 3.63) is 0 Å². The number of hydrogen-bond acceptors (Lipinski definition) is 1. The van der Waals surface area contributed by atoms with Gasteiger partial charge in [0.25, 0.3) is 0 Å². The minimum absolute atomic E-state index is 0.146. The number of alkyl halides is 1. The molecule has 0 aromatic carbocycles. The Bertz CT molecular complexity index is 140. The van der Waals surface area contributed by atoms with E-state index in [9.17, 15) is 4.79 Å². The van der Waals surface area contributed by atoms with Gasteiger partial charge in [-0.3, -0.25) is 4.79 Å². The number of ketones is 1. The van der Waals surface area contributed by atoms with Crippen molar-refractivity contribution in [3.63, 3.8) is 0 Å². The van der Waals surface area contributed by atoms with Crippen LogP contribution >= 0.6 is 22.6 Å². The van der Waals surface area contributed by atoms with E-state index >= 15 is 0 Å². The molecule has 0 saturated carbocycles. The SMILES string of the molecule is CCC(C)C(=O)C(C)(I)CC. The lowest BCUT2D eigenvalue weighted by Gasteiger charge is -2.22. The molecule has 0 rings (SSSR count). The Hall–Kier alpha value is 0.400. The van der Waals surface area contributed by atoms with E-state index in [-0.39, 0.29) is 9.34 Å². The molecule has 66 valence electrons. The van der Waals surface area contributed by atoms with Crippen LogP contribution < -0.4 is 0 Å². The van der Waals surface area contributed by atoms with Crippen molar-refractivity contribution in [2.45, 2.75) is 44.0 Å². The van der Waals surface area contributed by atoms with Crippen LogP contribution in [0.2, 0.25) is 0 Å². The fourth-order valence-corrected chi connectivity index (χ4v) is 1.40. The molecule has 0 aliphatic carbocycles. The van der Waals surface area contributed by atoms with Crippen molar-refractivity contribution in [1.29, 1.82) is 0 Å². The molecule has 0 aromatic rings. The van der Waals surface area contributed by atoms with E-state index in [0.717, 1.165) is 12.8 Å². The Morgan fingerprint density at radius 1 is 1.55 bits per heavy atom. The molecule has 0 fully saturated rings. The highest BCUT2D eigenvalue weighted by Crippen LogP contribution is 2.27. The molecule has 2 heteroatoms. The Morgan fingerprint density at radius 3 is 2.27 bits per heavy atom. The second-order valence-corrected chi connectivity index (χ2v) is 5.61. The largest absolute Gasteiger partial charge is 0.298 e. The molecule has 0 spiro atoms. The molecule has 2 atom stereocenters. The van der Waals surface area contributed by atoms with Gasteiger partial charge in [-0.15, -0.1) is 0 Å². The summed E-state index contributed by atoms with van der Waals surface area (Å²) in [7, 11) is 0. The molecule has 0 aliphatic heterocycles. The quantitative estimate of drug-likeness (QED) is 0.565. The molecule has 0 bridgehead atoms. The molecule has 0 aliphatic rings. The van der Waals surface area contributed by atoms with E-state index in [2.05, 4.69) is 36.4 Å². The zero-order valence-electron chi connectivity index (χ0n) is 7.78. The lowest BCUT2D eigenvalue weighted by atomic mass is 9.92. The van der Waals surface area contributed by atoms with Crippen LogP contribution in [-0.2, 0) is 4.79 Å². The van der Waals surface area contributed by atoms with Crippen LogP contribution in [0.25, 0.3) is 0 Å². The van der Waals surface area contributed by atoms with Gasteiger partial charge in [-0.1, -0.05) is 43.4 Å². The van der Waals surface area contributed by atoms with Gasteiger partial charge < -0.3 is 0 Å². The second-order valence-electron chi connectivity index (χ2n) is 3.22. The lowest BCUT2D eigenvalue weighted by Crippen LogP contribution is -2.31. The average Bonchev–Trinajstić information content (AvgIpc) is 2.01. The van der Waals surface area contributed by atoms with E-state index < -0.39 is 0 Å². The third kappa shape index (κ3) is 3.09. The van der Waals surface area contributed by atoms with Gasteiger partial charge in [0.2, 0.25) is 0 Å². The number of hydrogen-bond donors (Lipinski definition) is 0. The summed E-state index contributed by atoms with van der Waals surface area (Å²) >= 11 is 2.25. The molecular weight excluding hydrogens is 251 g/mol. The first kappa shape index (κ1) is 11.4. The molecule has 0 saturated heterocycles. The number of rotatable bonds is 4. The van der Waals surface area contributed by atoms with Crippen LogP contribution in [0.4, 0.5) is 0 Å². The molecule has 2 unspecified atom stereocenters. The number of halogens is 1. The lowest BCUT2D eigenvalue weighted by molar-refractivity contribution is -0.124. The van der Waals surface area contributed by atoms with Gasteiger partial charge in [0.1, 0.15) is 0 Å². The summed E-state index contributed by atoms with van der Waals surface area (Å²) in [6.07, 6.45) is 1.88. The van der Waals surface area contributed by atoms with Crippen LogP contribution in [-0.4, -0.2) is 9.20 Å². The van der Waals surface area contributed by atoms with Crippen LogP contribution in [0.15, 0.2) is 0 Å². The van der Waals surface area contributed by atoms with Gasteiger partial charge >= 0.3 is 0 Å². The van der Waals surface area contributed by atoms with Crippen molar-refractivity contribution >= 4 is 28.4 Å². The standard InChI is InChI=1S/C9H17IO/c1-5-7(3)8(11)9(4,10)6-2/h7H,5-6H2,1-4H3. The van der Waals surface area contributed by atoms with Gasteiger partial charge in [0, 0.05) is 5.92 Å². The molecule has 0 N–H and O–H groups in total. The van der Waals surface area contributed by atoms with Gasteiger partial charge in [0.05, 0.1) is 3.42 Å². The minimum Gasteiger partial charge on any atom is -0.298 e. The van der Waals surface area contributed by atoms with E-state index in [1.54, 1.807) is 0 Å². The summed E-state index contributed by atoms with van der Waals surface area (Å²) in [4.78, 5) is 11.6.